The van der Waals surface area contributed by atoms with Crippen LogP contribution in [0.15, 0.2) is 23.1 Å². The molecule has 0 spiro atoms. The van der Waals surface area contributed by atoms with Gasteiger partial charge in [0.15, 0.2) is 0 Å². The first-order chi connectivity index (χ1) is 9.43. The van der Waals surface area contributed by atoms with Crippen molar-refractivity contribution in [2.45, 2.75) is 24.0 Å². The van der Waals surface area contributed by atoms with Crippen molar-refractivity contribution in [3.05, 3.63) is 39.6 Å². The fourth-order valence-corrected chi connectivity index (χ4v) is 4.00. The van der Waals surface area contributed by atoms with E-state index in [9.17, 15) is 4.21 Å². The fourth-order valence-electron chi connectivity index (χ4n) is 1.88. The van der Waals surface area contributed by atoms with Crippen molar-refractivity contribution in [3.8, 4) is 0 Å². The summed E-state index contributed by atoms with van der Waals surface area (Å²) < 4.78 is 14.1. The quantitative estimate of drug-likeness (QED) is 0.875. The minimum atomic E-state index is -1.30. The number of hydrogen-bond acceptors (Lipinski definition) is 3. The van der Waals surface area contributed by atoms with E-state index in [-0.39, 0.29) is 5.75 Å². The van der Waals surface area contributed by atoms with Crippen molar-refractivity contribution in [3.63, 3.8) is 0 Å². The molecule has 0 amide bonds. The highest BCUT2D eigenvalue weighted by Gasteiger charge is 2.17. The molecule has 2 aromatic rings. The fraction of sp³-hybridized carbons (Fsp3) is 0.308. The van der Waals surface area contributed by atoms with E-state index in [0.717, 1.165) is 17.8 Å². The third-order valence-electron chi connectivity index (χ3n) is 2.97. The highest BCUT2D eigenvalue weighted by molar-refractivity contribution is 7.84. The Labute approximate surface area is 130 Å². The number of nitrogens with zero attached hydrogens (tertiary/aromatic N) is 2. The van der Waals surface area contributed by atoms with Crippen molar-refractivity contribution >= 4 is 39.7 Å². The average molecular weight is 332 g/mol. The molecule has 1 unspecified atom stereocenters. The topological polar surface area (TPSA) is 60.9 Å². The SMILES string of the molecule is CCc1nn(C)c(CS(=O)c2ccc(N)cc2Cl)c1Cl. The number of rotatable bonds is 4. The van der Waals surface area contributed by atoms with Gasteiger partial charge in [-0.15, -0.1) is 0 Å². The number of anilines is 1. The average Bonchev–Trinajstić information content (AvgIpc) is 2.66. The number of aromatic nitrogens is 2. The highest BCUT2D eigenvalue weighted by Crippen LogP contribution is 2.27. The summed E-state index contributed by atoms with van der Waals surface area (Å²) in [6.45, 7) is 1.98. The van der Waals surface area contributed by atoms with Crippen LogP contribution in [0.5, 0.6) is 0 Å². The van der Waals surface area contributed by atoms with Gasteiger partial charge in [0.05, 0.1) is 42.9 Å². The Hall–Kier alpha value is -1.04. The maximum atomic E-state index is 12.4. The minimum absolute atomic E-state index is 0.270. The molecule has 1 aromatic heterocycles. The summed E-state index contributed by atoms with van der Waals surface area (Å²) >= 11 is 12.3. The predicted molar refractivity (Wildman–Crippen MR) is 83.6 cm³/mol. The lowest BCUT2D eigenvalue weighted by Crippen LogP contribution is -2.04. The molecular formula is C13H15Cl2N3OS. The van der Waals surface area contributed by atoms with E-state index >= 15 is 0 Å². The van der Waals surface area contributed by atoms with Crippen molar-refractivity contribution in [1.29, 1.82) is 0 Å². The Morgan fingerprint density at radius 2 is 2.10 bits per heavy atom. The van der Waals surface area contributed by atoms with Crippen LogP contribution in [-0.2, 0) is 30.0 Å². The second-order valence-electron chi connectivity index (χ2n) is 4.36. The van der Waals surface area contributed by atoms with Crippen molar-refractivity contribution in [1.82, 2.24) is 9.78 Å². The number of aryl methyl sites for hydroxylation is 2. The third-order valence-corrected chi connectivity index (χ3v) is 5.22. The van der Waals surface area contributed by atoms with Gasteiger partial charge in [0.1, 0.15) is 0 Å². The Bertz CT molecular complexity index is 670. The smallest absolute Gasteiger partial charge is 0.0859 e. The molecule has 2 N–H and O–H groups in total. The number of hydrogen-bond donors (Lipinski definition) is 1. The molecular weight excluding hydrogens is 317 g/mol. The summed E-state index contributed by atoms with van der Waals surface area (Å²) in [5.74, 6) is 0.270. The lowest BCUT2D eigenvalue weighted by molar-refractivity contribution is 0.675. The van der Waals surface area contributed by atoms with E-state index in [2.05, 4.69) is 5.10 Å². The lowest BCUT2D eigenvalue weighted by atomic mass is 10.3. The van der Waals surface area contributed by atoms with Crippen LogP contribution in [0.3, 0.4) is 0 Å². The number of halogens is 2. The van der Waals surface area contributed by atoms with Gasteiger partial charge in [-0.3, -0.25) is 8.89 Å². The van der Waals surface area contributed by atoms with Crippen LogP contribution >= 0.6 is 23.2 Å². The van der Waals surface area contributed by atoms with E-state index < -0.39 is 10.8 Å². The second kappa shape index (κ2) is 6.16. The van der Waals surface area contributed by atoms with Crippen LogP contribution in [0.4, 0.5) is 5.69 Å². The van der Waals surface area contributed by atoms with Crippen LogP contribution in [-0.4, -0.2) is 14.0 Å². The molecule has 7 heteroatoms. The summed E-state index contributed by atoms with van der Waals surface area (Å²) in [7, 11) is 0.498. The zero-order valence-electron chi connectivity index (χ0n) is 11.2. The Morgan fingerprint density at radius 1 is 1.40 bits per heavy atom. The molecule has 0 bridgehead atoms. The van der Waals surface area contributed by atoms with Crippen molar-refractivity contribution < 1.29 is 4.21 Å². The largest absolute Gasteiger partial charge is 0.399 e. The predicted octanol–water partition coefficient (Wildman–Crippen LogP) is 3.18. The van der Waals surface area contributed by atoms with Gasteiger partial charge in [0.2, 0.25) is 0 Å². The lowest BCUT2D eigenvalue weighted by Gasteiger charge is -2.06. The third kappa shape index (κ3) is 3.00. The van der Waals surface area contributed by atoms with E-state index in [1.165, 1.54) is 0 Å². The highest BCUT2D eigenvalue weighted by atomic mass is 35.5. The van der Waals surface area contributed by atoms with Crippen LogP contribution < -0.4 is 5.73 Å². The molecule has 20 heavy (non-hydrogen) atoms. The maximum absolute atomic E-state index is 12.4. The van der Waals surface area contributed by atoms with Gasteiger partial charge in [-0.2, -0.15) is 5.10 Å². The van der Waals surface area contributed by atoms with Gasteiger partial charge in [-0.1, -0.05) is 30.1 Å². The molecule has 2 rings (SSSR count). The Kier molecular flexibility index (Phi) is 4.73. The van der Waals surface area contributed by atoms with Crippen LogP contribution in [0.1, 0.15) is 18.3 Å². The van der Waals surface area contributed by atoms with E-state index in [0.29, 0.717) is 20.6 Å². The van der Waals surface area contributed by atoms with Crippen molar-refractivity contribution in [2.24, 2.45) is 7.05 Å². The molecule has 1 aromatic carbocycles. The summed E-state index contributed by atoms with van der Waals surface area (Å²) in [5.41, 5.74) is 7.73. The normalized spacial score (nSPS) is 12.6. The van der Waals surface area contributed by atoms with E-state index in [1.54, 1.807) is 29.9 Å². The second-order valence-corrected chi connectivity index (χ2v) is 6.57. The van der Waals surface area contributed by atoms with Gasteiger partial charge in [0.25, 0.3) is 0 Å². The van der Waals surface area contributed by atoms with E-state index in [4.69, 9.17) is 28.9 Å². The van der Waals surface area contributed by atoms with Gasteiger partial charge in [-0.05, 0) is 24.6 Å². The molecule has 0 aliphatic carbocycles. The number of nitrogen functional groups attached to an aromatic ring is 1. The summed E-state index contributed by atoms with van der Waals surface area (Å²) in [5, 5.41) is 5.29. The molecule has 0 saturated heterocycles. The summed E-state index contributed by atoms with van der Waals surface area (Å²) in [4.78, 5) is 0.552. The van der Waals surface area contributed by atoms with Gasteiger partial charge < -0.3 is 5.73 Å². The summed E-state index contributed by atoms with van der Waals surface area (Å²) in [6.07, 6.45) is 0.738. The number of nitrogens with two attached hydrogens (primary N) is 1. The Balaban J connectivity index is 2.30. The molecule has 4 nitrogen and oxygen atoms in total. The first-order valence-electron chi connectivity index (χ1n) is 6.07. The van der Waals surface area contributed by atoms with Gasteiger partial charge >= 0.3 is 0 Å². The first kappa shape index (κ1) is 15.4. The molecule has 0 aliphatic heterocycles. The summed E-state index contributed by atoms with van der Waals surface area (Å²) in [6, 6.07) is 4.96. The molecule has 1 heterocycles. The molecule has 0 saturated carbocycles. The van der Waals surface area contributed by atoms with Crippen LogP contribution in [0.25, 0.3) is 0 Å². The van der Waals surface area contributed by atoms with Crippen LogP contribution in [0, 0.1) is 0 Å². The monoisotopic (exact) mass is 331 g/mol. The molecule has 1 atom stereocenters. The van der Waals surface area contributed by atoms with Crippen LogP contribution in [0.2, 0.25) is 10.0 Å². The number of benzene rings is 1. The van der Waals surface area contributed by atoms with Crippen molar-refractivity contribution in [2.75, 3.05) is 5.73 Å². The standard InChI is InChI=1S/C13H15Cl2N3OS/c1-3-10-13(15)11(18(2)17-10)7-20(19)12-5-4-8(16)6-9(12)14/h4-6H,3,7,16H2,1-2H3. The molecule has 0 radical (unpaired) electrons. The zero-order chi connectivity index (χ0) is 14.9. The van der Waals surface area contributed by atoms with Gasteiger partial charge in [0, 0.05) is 12.7 Å². The molecule has 0 aliphatic rings. The molecule has 0 fully saturated rings. The van der Waals surface area contributed by atoms with Gasteiger partial charge in [-0.25, -0.2) is 0 Å². The van der Waals surface area contributed by atoms with E-state index in [1.807, 2.05) is 6.92 Å². The minimum Gasteiger partial charge on any atom is -0.399 e. The molecule has 108 valence electrons. The first-order valence-corrected chi connectivity index (χ1v) is 8.15. The Morgan fingerprint density at radius 3 is 2.65 bits per heavy atom. The maximum Gasteiger partial charge on any atom is 0.0859 e. The zero-order valence-corrected chi connectivity index (χ0v) is 13.5.